The van der Waals surface area contributed by atoms with Crippen LogP contribution in [0.1, 0.15) is 61.5 Å². The number of aliphatic hydroxyl groups excluding tert-OH is 1. The molecule has 4 atom stereocenters. The molecule has 0 saturated heterocycles. The number of hydrogen-bond donors (Lipinski definition) is 3. The molecule has 0 spiro atoms. The summed E-state index contributed by atoms with van der Waals surface area (Å²) in [6, 6.07) is 15.9. The van der Waals surface area contributed by atoms with E-state index >= 15 is 0 Å². The Morgan fingerprint density at radius 3 is 2.35 bits per heavy atom. The Balaban J connectivity index is 1.55. The van der Waals surface area contributed by atoms with Gasteiger partial charge in [-0.3, -0.25) is 9.69 Å². The van der Waals surface area contributed by atoms with Crippen LogP contribution in [-0.4, -0.2) is 85.6 Å². The average Bonchev–Trinajstić information content (AvgIpc) is 3.09. The Morgan fingerprint density at radius 2 is 1.71 bits per heavy atom. The number of carbonyl (C=O) groups excluding carboxylic acids is 2. The fraction of sp³-hybridized carbons (Fsp3) is 0.474. The number of aliphatic hydroxyl groups is 1. The number of benzene rings is 3. The molecule has 10 nitrogen and oxygen atoms in total. The highest BCUT2D eigenvalue weighted by molar-refractivity contribution is 6.02. The van der Waals surface area contributed by atoms with E-state index in [-0.39, 0.29) is 42.7 Å². The minimum atomic E-state index is -4.40. The zero-order chi connectivity index (χ0) is 37.1. The van der Waals surface area contributed by atoms with Gasteiger partial charge in [0.2, 0.25) is 0 Å². The van der Waals surface area contributed by atoms with Gasteiger partial charge in [0, 0.05) is 43.5 Å². The van der Waals surface area contributed by atoms with Crippen molar-refractivity contribution in [3.05, 3.63) is 83.4 Å². The number of carbonyl (C=O) groups is 2. The fourth-order valence-corrected chi connectivity index (χ4v) is 5.91. The highest BCUT2D eigenvalue weighted by atomic mass is 19.4. The van der Waals surface area contributed by atoms with Crippen molar-refractivity contribution < 1.29 is 42.1 Å². The van der Waals surface area contributed by atoms with Gasteiger partial charge in [0.25, 0.3) is 5.91 Å². The Labute approximate surface area is 297 Å². The summed E-state index contributed by atoms with van der Waals surface area (Å²) in [6.45, 7) is 6.99. The number of anilines is 2. The van der Waals surface area contributed by atoms with E-state index in [1.807, 2.05) is 25.8 Å². The van der Waals surface area contributed by atoms with Crippen molar-refractivity contribution in [3.63, 3.8) is 0 Å². The summed E-state index contributed by atoms with van der Waals surface area (Å²) in [6.07, 6.45) is -2.61. The van der Waals surface area contributed by atoms with Crippen LogP contribution in [0.15, 0.2) is 66.7 Å². The average molecular weight is 715 g/mol. The van der Waals surface area contributed by atoms with Crippen LogP contribution >= 0.6 is 0 Å². The lowest BCUT2D eigenvalue weighted by molar-refractivity contribution is -0.137. The maximum Gasteiger partial charge on any atom is 0.416 e. The van der Waals surface area contributed by atoms with Gasteiger partial charge in [0.1, 0.15) is 11.5 Å². The lowest BCUT2D eigenvalue weighted by atomic mass is 10.0. The van der Waals surface area contributed by atoms with Crippen molar-refractivity contribution in [3.8, 4) is 11.5 Å². The molecule has 0 unspecified atom stereocenters. The van der Waals surface area contributed by atoms with E-state index in [1.54, 1.807) is 61.4 Å². The number of nitrogens with one attached hydrogen (secondary N) is 2. The first-order chi connectivity index (χ1) is 24.3. The van der Waals surface area contributed by atoms with Crippen molar-refractivity contribution >= 4 is 23.3 Å². The summed E-state index contributed by atoms with van der Waals surface area (Å²) in [7, 11) is 3.44. The van der Waals surface area contributed by atoms with Gasteiger partial charge in [0.15, 0.2) is 0 Å². The maximum atomic E-state index is 14.4. The summed E-state index contributed by atoms with van der Waals surface area (Å²) in [5.74, 6) is 0.455. The number of ether oxygens (including phenoxy) is 3. The molecule has 0 bridgehead atoms. The van der Waals surface area contributed by atoms with Crippen LogP contribution in [0.2, 0.25) is 0 Å². The Kier molecular flexibility index (Phi) is 14.1. The van der Waals surface area contributed by atoms with Crippen molar-refractivity contribution in [2.75, 3.05) is 51.1 Å². The topological polar surface area (TPSA) is 113 Å². The number of nitrogens with zero attached hydrogens (tertiary/aromatic N) is 2. The van der Waals surface area contributed by atoms with Crippen molar-refractivity contribution in [1.29, 1.82) is 0 Å². The normalized spacial score (nSPS) is 19.8. The van der Waals surface area contributed by atoms with Gasteiger partial charge >= 0.3 is 12.2 Å². The van der Waals surface area contributed by atoms with E-state index < -0.39 is 23.8 Å². The predicted octanol–water partition coefficient (Wildman–Crippen LogP) is 7.29. The molecule has 1 aliphatic heterocycles. The van der Waals surface area contributed by atoms with Crippen LogP contribution in [0.25, 0.3) is 0 Å². The second kappa shape index (κ2) is 18.2. The van der Waals surface area contributed by atoms with E-state index in [0.29, 0.717) is 49.0 Å². The van der Waals surface area contributed by atoms with Gasteiger partial charge in [-0.25, -0.2) is 4.79 Å². The molecule has 3 aromatic rings. The molecule has 1 heterocycles. The Hall–Kier alpha value is -4.33. The van der Waals surface area contributed by atoms with Crippen molar-refractivity contribution in [2.45, 2.75) is 71.0 Å². The molecule has 3 aromatic carbocycles. The molecule has 0 saturated carbocycles. The van der Waals surface area contributed by atoms with Crippen LogP contribution in [0.4, 0.5) is 29.3 Å². The van der Waals surface area contributed by atoms with Crippen LogP contribution in [0.5, 0.6) is 11.5 Å². The van der Waals surface area contributed by atoms with Gasteiger partial charge in [-0.2, -0.15) is 13.2 Å². The molecule has 51 heavy (non-hydrogen) atoms. The Morgan fingerprint density at radius 1 is 1.04 bits per heavy atom. The van der Waals surface area contributed by atoms with E-state index in [1.165, 1.54) is 12.1 Å². The smallest absolute Gasteiger partial charge is 0.416 e. The molecule has 278 valence electrons. The van der Waals surface area contributed by atoms with Crippen LogP contribution in [0.3, 0.4) is 0 Å². The number of alkyl halides is 3. The van der Waals surface area contributed by atoms with Crippen LogP contribution < -0.4 is 20.1 Å². The fourth-order valence-electron chi connectivity index (χ4n) is 5.91. The highest BCUT2D eigenvalue weighted by Gasteiger charge is 2.32. The molecule has 3 N–H and O–H groups in total. The molecule has 0 radical (unpaired) electrons. The van der Waals surface area contributed by atoms with Gasteiger partial charge in [-0.1, -0.05) is 19.1 Å². The highest BCUT2D eigenvalue weighted by Crippen LogP contribution is 2.30. The van der Waals surface area contributed by atoms with Crippen molar-refractivity contribution in [2.24, 2.45) is 5.92 Å². The molecular weight excluding hydrogens is 665 g/mol. The molecule has 0 fully saturated rings. The number of hydrogen-bond acceptors (Lipinski definition) is 7. The first kappa shape index (κ1) is 39.5. The molecule has 0 aliphatic carbocycles. The van der Waals surface area contributed by atoms with E-state index in [2.05, 4.69) is 10.6 Å². The minimum Gasteiger partial charge on any atom is -0.497 e. The number of methoxy groups -OCH3 is 1. The number of likely N-dealkylation sites (N-methyl/N-ethyl adjacent to an activating group) is 1. The van der Waals surface area contributed by atoms with Gasteiger partial charge < -0.3 is 34.9 Å². The molecule has 0 aromatic heterocycles. The number of amides is 3. The lowest BCUT2D eigenvalue weighted by Gasteiger charge is -2.36. The molecule has 13 heteroatoms. The lowest BCUT2D eigenvalue weighted by Crippen LogP contribution is -2.47. The summed E-state index contributed by atoms with van der Waals surface area (Å²) < 4.78 is 57.1. The predicted molar refractivity (Wildman–Crippen MR) is 190 cm³/mol. The third-order valence-corrected chi connectivity index (χ3v) is 8.88. The molecular formula is C38H49F3N4O6. The largest absolute Gasteiger partial charge is 0.497 e. The number of fused-ring (bicyclic) bond motifs is 1. The van der Waals surface area contributed by atoms with Gasteiger partial charge in [0.05, 0.1) is 43.1 Å². The monoisotopic (exact) mass is 714 g/mol. The quantitative estimate of drug-likeness (QED) is 0.214. The van der Waals surface area contributed by atoms with Gasteiger partial charge in [-0.15, -0.1) is 0 Å². The second-order valence-corrected chi connectivity index (χ2v) is 13.2. The maximum absolute atomic E-state index is 14.4. The summed E-state index contributed by atoms with van der Waals surface area (Å²) in [4.78, 5) is 30.9. The number of urea groups is 1. The van der Waals surface area contributed by atoms with Crippen LogP contribution in [-0.2, 0) is 17.5 Å². The van der Waals surface area contributed by atoms with Gasteiger partial charge in [-0.05, 0) is 100 Å². The molecule has 4 rings (SSSR count). The van der Waals surface area contributed by atoms with Crippen molar-refractivity contribution in [1.82, 2.24) is 9.80 Å². The number of halogens is 3. The zero-order valence-corrected chi connectivity index (χ0v) is 29.8. The van der Waals surface area contributed by atoms with E-state index in [0.717, 1.165) is 30.5 Å². The molecule has 3 amide bonds. The third-order valence-electron chi connectivity index (χ3n) is 8.88. The molecule has 1 aliphatic rings. The summed E-state index contributed by atoms with van der Waals surface area (Å²) in [5, 5.41) is 15.8. The Bertz CT molecular complexity index is 1570. The number of rotatable bonds is 9. The first-order valence-corrected chi connectivity index (χ1v) is 17.2. The minimum absolute atomic E-state index is 0.194. The summed E-state index contributed by atoms with van der Waals surface area (Å²) in [5.41, 5.74) is 1.21. The van der Waals surface area contributed by atoms with E-state index in [4.69, 9.17) is 14.2 Å². The zero-order valence-electron chi connectivity index (χ0n) is 29.8. The second-order valence-electron chi connectivity index (χ2n) is 13.2. The standard InChI is InChI=1S/C38H49F3N4O6/c1-25-21-45(26(2)24-46)36(47)33-20-31(43-37(48)42-30-13-16-32(49-5)17-14-30)15-18-34(33)51-27(3)8-6-7-19-50-35(25)23-44(4)22-28-9-11-29(12-10-28)38(39,40)41/h9-18,20,25-27,35,46H,6-8,19,21-24H2,1-5H3,(H2,42,43,48)/t25-,26-,27+,35-/m1/s1. The SMILES string of the molecule is COc1ccc(NC(=O)Nc2ccc3c(c2)C(=O)N([C@H](C)CO)C[C@@H](C)[C@@H](CN(C)Cc2ccc(C(F)(F)F)cc2)OCCCC[C@H](C)O3)cc1. The first-order valence-electron chi connectivity index (χ1n) is 17.2. The van der Waals surface area contributed by atoms with E-state index in [9.17, 15) is 27.9 Å². The summed E-state index contributed by atoms with van der Waals surface area (Å²) >= 11 is 0. The van der Waals surface area contributed by atoms with Crippen LogP contribution in [0, 0.1) is 5.92 Å². The third kappa shape index (κ3) is 11.6.